The molecule has 1 aromatic heterocycles. The number of anilines is 3. The van der Waals surface area contributed by atoms with E-state index in [0.29, 0.717) is 27.1 Å². The monoisotopic (exact) mass is 371 g/mol. The summed E-state index contributed by atoms with van der Waals surface area (Å²) >= 11 is 7.26. The molecule has 3 rings (SSSR count). The molecular weight excluding hydrogens is 358 g/mol. The van der Waals surface area contributed by atoms with Gasteiger partial charge >= 0.3 is 0 Å². The largest absolute Gasteiger partial charge is 0.331 e. The van der Waals surface area contributed by atoms with Crippen LogP contribution in [0, 0.1) is 0 Å². The van der Waals surface area contributed by atoms with E-state index in [-0.39, 0.29) is 11.7 Å². The van der Waals surface area contributed by atoms with E-state index >= 15 is 0 Å². The predicted octanol–water partition coefficient (Wildman–Crippen LogP) is 5.00. The highest BCUT2D eigenvalue weighted by molar-refractivity contribution is 7.14. The minimum atomic E-state index is -0.337. The van der Waals surface area contributed by atoms with Crippen molar-refractivity contribution in [1.82, 2.24) is 4.98 Å². The van der Waals surface area contributed by atoms with Gasteiger partial charge in [0.05, 0.1) is 0 Å². The molecule has 2 N–H and O–H groups in total. The zero-order valence-electron chi connectivity index (χ0n) is 13.2. The number of amides is 1. The summed E-state index contributed by atoms with van der Waals surface area (Å²) in [6.45, 7) is 1.48. The van der Waals surface area contributed by atoms with Crippen LogP contribution < -0.4 is 10.6 Å². The molecular formula is C18H14ClN3O2S. The summed E-state index contributed by atoms with van der Waals surface area (Å²) in [7, 11) is 0. The fourth-order valence-corrected chi connectivity index (χ4v) is 3.04. The minimum absolute atomic E-state index is 0.0576. The molecule has 5 nitrogen and oxygen atoms in total. The summed E-state index contributed by atoms with van der Waals surface area (Å²) in [4.78, 5) is 28.0. The van der Waals surface area contributed by atoms with Crippen LogP contribution >= 0.6 is 22.9 Å². The molecule has 0 aliphatic heterocycles. The summed E-state index contributed by atoms with van der Waals surface area (Å²) in [5.41, 5.74) is 2.18. The lowest BCUT2D eigenvalue weighted by molar-refractivity contribution is 0.100. The van der Waals surface area contributed by atoms with Gasteiger partial charge in [-0.15, -0.1) is 11.3 Å². The number of aromatic nitrogens is 1. The molecule has 0 aliphatic rings. The average Bonchev–Trinajstić information content (AvgIpc) is 3.04. The Balaban J connectivity index is 1.70. The molecule has 0 unspecified atom stereocenters. The number of thiazole rings is 1. The van der Waals surface area contributed by atoms with E-state index in [1.54, 1.807) is 41.8 Å². The van der Waals surface area contributed by atoms with Crippen molar-refractivity contribution in [2.75, 3.05) is 10.6 Å². The third-order valence-electron chi connectivity index (χ3n) is 3.34. The van der Waals surface area contributed by atoms with Gasteiger partial charge in [0.2, 0.25) is 0 Å². The molecule has 2 aromatic carbocycles. The first-order valence-electron chi connectivity index (χ1n) is 7.42. The van der Waals surface area contributed by atoms with Crippen molar-refractivity contribution in [3.05, 3.63) is 70.2 Å². The van der Waals surface area contributed by atoms with Gasteiger partial charge in [-0.3, -0.25) is 9.59 Å². The topological polar surface area (TPSA) is 71.1 Å². The maximum Gasteiger partial charge on any atom is 0.275 e. The number of Topliss-reactive ketones (excluding diaryl/α,β-unsaturated/α-hetero) is 1. The Kier molecular flexibility index (Phi) is 5.11. The van der Waals surface area contributed by atoms with Crippen molar-refractivity contribution in [2.45, 2.75) is 6.92 Å². The number of carbonyl (C=O) groups is 2. The van der Waals surface area contributed by atoms with Crippen LogP contribution in [0.4, 0.5) is 16.5 Å². The van der Waals surface area contributed by atoms with Crippen molar-refractivity contribution in [3.63, 3.8) is 0 Å². The molecule has 7 heteroatoms. The van der Waals surface area contributed by atoms with Gasteiger partial charge in [-0.25, -0.2) is 4.98 Å². The maximum absolute atomic E-state index is 12.3. The van der Waals surface area contributed by atoms with Gasteiger partial charge in [-0.2, -0.15) is 0 Å². The van der Waals surface area contributed by atoms with Crippen LogP contribution in [0.1, 0.15) is 27.8 Å². The Bertz CT molecular complexity index is 939. The SMILES string of the molecule is CC(=O)c1cccc(NC(=O)c2csc(Nc3cccc(Cl)c3)n2)c1. The van der Waals surface area contributed by atoms with E-state index in [0.717, 1.165) is 5.69 Å². The first-order chi connectivity index (χ1) is 12.0. The maximum atomic E-state index is 12.3. The normalized spacial score (nSPS) is 10.3. The zero-order chi connectivity index (χ0) is 17.8. The molecule has 0 saturated heterocycles. The molecule has 0 fully saturated rings. The molecule has 0 saturated carbocycles. The quantitative estimate of drug-likeness (QED) is 0.619. The van der Waals surface area contributed by atoms with E-state index in [9.17, 15) is 9.59 Å². The summed E-state index contributed by atoms with van der Waals surface area (Å²) in [6.07, 6.45) is 0. The first kappa shape index (κ1) is 17.1. The van der Waals surface area contributed by atoms with Crippen molar-refractivity contribution in [2.24, 2.45) is 0 Å². The number of carbonyl (C=O) groups excluding carboxylic acids is 2. The van der Waals surface area contributed by atoms with Crippen LogP contribution in [-0.4, -0.2) is 16.7 Å². The smallest absolute Gasteiger partial charge is 0.275 e. The van der Waals surface area contributed by atoms with Gasteiger partial charge < -0.3 is 10.6 Å². The Morgan fingerprint density at radius 2 is 1.84 bits per heavy atom. The van der Waals surface area contributed by atoms with Crippen molar-refractivity contribution < 1.29 is 9.59 Å². The number of nitrogens with one attached hydrogen (secondary N) is 2. The number of hydrogen-bond donors (Lipinski definition) is 2. The van der Waals surface area contributed by atoms with E-state index in [1.165, 1.54) is 18.3 Å². The summed E-state index contributed by atoms with van der Waals surface area (Å²) < 4.78 is 0. The minimum Gasteiger partial charge on any atom is -0.331 e. The highest BCUT2D eigenvalue weighted by atomic mass is 35.5. The molecule has 1 amide bonds. The van der Waals surface area contributed by atoms with Crippen LogP contribution in [0.5, 0.6) is 0 Å². The molecule has 1 heterocycles. The van der Waals surface area contributed by atoms with Gasteiger partial charge in [0.1, 0.15) is 5.69 Å². The van der Waals surface area contributed by atoms with E-state index in [4.69, 9.17) is 11.6 Å². The van der Waals surface area contributed by atoms with Crippen LogP contribution in [0.2, 0.25) is 5.02 Å². The number of benzene rings is 2. The molecule has 25 heavy (non-hydrogen) atoms. The molecule has 0 atom stereocenters. The van der Waals surface area contributed by atoms with Crippen LogP contribution in [0.25, 0.3) is 0 Å². The van der Waals surface area contributed by atoms with Crippen LogP contribution in [0.3, 0.4) is 0 Å². The second kappa shape index (κ2) is 7.46. The van der Waals surface area contributed by atoms with E-state index in [2.05, 4.69) is 15.6 Å². The lowest BCUT2D eigenvalue weighted by atomic mass is 10.1. The van der Waals surface area contributed by atoms with Crippen molar-refractivity contribution >= 4 is 51.1 Å². The third-order valence-corrected chi connectivity index (χ3v) is 4.33. The highest BCUT2D eigenvalue weighted by Gasteiger charge is 2.12. The number of nitrogens with zero attached hydrogens (tertiary/aromatic N) is 1. The van der Waals surface area contributed by atoms with Gasteiger partial charge in [0.25, 0.3) is 5.91 Å². The lowest BCUT2D eigenvalue weighted by Crippen LogP contribution is -2.12. The zero-order valence-corrected chi connectivity index (χ0v) is 14.8. The van der Waals surface area contributed by atoms with E-state index in [1.807, 2.05) is 12.1 Å². The fourth-order valence-electron chi connectivity index (χ4n) is 2.14. The van der Waals surface area contributed by atoms with Gasteiger partial charge in [0.15, 0.2) is 10.9 Å². The number of rotatable bonds is 5. The second-order valence-electron chi connectivity index (χ2n) is 5.26. The Hall–Kier alpha value is -2.70. The average molecular weight is 372 g/mol. The molecule has 0 aliphatic carbocycles. The Labute approximate surface area is 153 Å². The summed E-state index contributed by atoms with van der Waals surface area (Å²) in [5.74, 6) is -0.395. The summed E-state index contributed by atoms with van der Waals surface area (Å²) in [6, 6.07) is 14.0. The highest BCUT2D eigenvalue weighted by Crippen LogP contribution is 2.23. The van der Waals surface area contributed by atoms with Gasteiger partial charge in [-0.05, 0) is 37.3 Å². The third kappa shape index (κ3) is 4.43. The van der Waals surface area contributed by atoms with Gasteiger partial charge in [0, 0.05) is 27.3 Å². The first-order valence-corrected chi connectivity index (χ1v) is 8.67. The van der Waals surface area contributed by atoms with Gasteiger partial charge in [-0.1, -0.05) is 29.8 Å². The van der Waals surface area contributed by atoms with Crippen molar-refractivity contribution in [1.29, 1.82) is 0 Å². The molecule has 126 valence electrons. The van der Waals surface area contributed by atoms with Crippen LogP contribution in [0.15, 0.2) is 53.9 Å². The molecule has 3 aromatic rings. The predicted molar refractivity (Wildman–Crippen MR) is 101 cm³/mol. The molecule has 0 radical (unpaired) electrons. The Morgan fingerprint density at radius 1 is 1.08 bits per heavy atom. The Morgan fingerprint density at radius 3 is 2.60 bits per heavy atom. The number of hydrogen-bond acceptors (Lipinski definition) is 5. The number of ketones is 1. The van der Waals surface area contributed by atoms with Crippen molar-refractivity contribution in [3.8, 4) is 0 Å². The van der Waals surface area contributed by atoms with E-state index < -0.39 is 0 Å². The fraction of sp³-hybridized carbons (Fsp3) is 0.0556. The van der Waals surface area contributed by atoms with Crippen LogP contribution in [-0.2, 0) is 0 Å². The lowest BCUT2D eigenvalue weighted by Gasteiger charge is -2.05. The molecule has 0 bridgehead atoms. The standard InChI is InChI=1S/C18H14ClN3O2S/c1-11(23)12-4-2-6-14(8-12)20-17(24)16-10-25-18(22-16)21-15-7-3-5-13(19)9-15/h2-10H,1H3,(H,20,24)(H,21,22). The molecule has 0 spiro atoms. The summed E-state index contributed by atoms with van der Waals surface area (Å²) in [5, 5.41) is 8.72. The second-order valence-corrected chi connectivity index (χ2v) is 6.56. The number of halogens is 1.